The van der Waals surface area contributed by atoms with Crippen molar-refractivity contribution in [3.63, 3.8) is 0 Å². The average molecular weight is 643 g/mol. The van der Waals surface area contributed by atoms with Crippen LogP contribution in [-0.2, 0) is 32.3 Å². The summed E-state index contributed by atoms with van der Waals surface area (Å²) in [6.45, 7) is 0. The van der Waals surface area contributed by atoms with Crippen LogP contribution in [0.2, 0.25) is 0 Å². The molecule has 1 aliphatic rings. The first kappa shape index (κ1) is 24.7. The van der Waals surface area contributed by atoms with Crippen molar-refractivity contribution in [1.29, 1.82) is 0 Å². The van der Waals surface area contributed by atoms with Gasteiger partial charge in [-0.25, -0.2) is 0 Å². The van der Waals surface area contributed by atoms with Gasteiger partial charge in [0.2, 0.25) is 0 Å². The first-order valence-corrected chi connectivity index (χ1v) is 13.3. The average Bonchev–Trinajstić information content (AvgIpc) is 3.52. The molecule has 36 heavy (non-hydrogen) atoms. The summed E-state index contributed by atoms with van der Waals surface area (Å²) in [5, 5.41) is 6.89. The number of hydrogen-bond donors (Lipinski definition) is 0. The van der Waals surface area contributed by atoms with Crippen LogP contribution >= 0.6 is 7.92 Å². The maximum absolute atomic E-state index is 3.30. The van der Waals surface area contributed by atoms with Crippen LogP contribution < -0.4 is 15.9 Å². The van der Waals surface area contributed by atoms with Crippen LogP contribution in [0.25, 0.3) is 21.9 Å². The third kappa shape index (κ3) is 5.10. The quantitative estimate of drug-likeness (QED) is 0.107. The summed E-state index contributed by atoms with van der Waals surface area (Å²) in [5.41, 5.74) is 5.51. The molecule has 0 amide bonds. The first-order valence-electron chi connectivity index (χ1n) is 12.0. The molecule has 0 nitrogen and oxygen atoms in total. The van der Waals surface area contributed by atoms with E-state index in [2.05, 4.69) is 140 Å². The van der Waals surface area contributed by atoms with Crippen LogP contribution in [0.1, 0.15) is 11.1 Å². The smallest absolute Gasteiger partial charge is 0.179 e. The zero-order valence-corrected chi connectivity index (χ0v) is 24.4. The number of fused-ring (bicyclic) bond motifs is 4. The Morgan fingerprint density at radius 1 is 0.611 bits per heavy atom. The predicted octanol–water partition coefficient (Wildman–Crippen LogP) is 7.37. The Labute approximate surface area is 233 Å². The monoisotopic (exact) mass is 644 g/mol. The minimum Gasteiger partial charge on any atom is -0.179 e. The van der Waals surface area contributed by atoms with Crippen molar-refractivity contribution in [1.82, 2.24) is 0 Å². The van der Waals surface area contributed by atoms with Crippen LogP contribution in [0.5, 0.6) is 0 Å². The van der Waals surface area contributed by atoms with Crippen LogP contribution in [0, 0.1) is 6.07 Å². The molecule has 0 bridgehead atoms. The molecule has 6 aromatic carbocycles. The molecule has 0 radical (unpaired) electrons. The maximum Gasteiger partial charge on any atom is 4.00 e. The Kier molecular flexibility index (Phi) is 7.81. The molecule has 0 aliphatic heterocycles. The Morgan fingerprint density at radius 3 is 1.94 bits per heavy atom. The van der Waals surface area contributed by atoms with Crippen molar-refractivity contribution in [2.75, 3.05) is 0 Å². The van der Waals surface area contributed by atoms with Gasteiger partial charge in [0.1, 0.15) is 0 Å². The van der Waals surface area contributed by atoms with E-state index in [0.717, 1.165) is 6.42 Å². The van der Waals surface area contributed by atoms with Gasteiger partial charge < -0.3 is 0 Å². The maximum atomic E-state index is 3.30. The molecule has 7 rings (SSSR count). The summed E-state index contributed by atoms with van der Waals surface area (Å²) in [6, 6.07) is 53.1. The van der Waals surface area contributed by atoms with Gasteiger partial charge in [0.05, 0.1) is 0 Å². The second kappa shape index (κ2) is 11.4. The van der Waals surface area contributed by atoms with Gasteiger partial charge in [-0.15, -0.1) is 45.9 Å². The SMILES string of the molecule is [Hf+4].[c-]1cccc2c1Cc1ccccc1-2.c1ccc(P(c2ccccc2)c2cc3ccccc3[cH-]2)cc1. The molecule has 1 aliphatic carbocycles. The fourth-order valence-electron chi connectivity index (χ4n) is 4.86. The fourth-order valence-corrected chi connectivity index (χ4v) is 7.23. The van der Waals surface area contributed by atoms with E-state index in [0.29, 0.717) is 0 Å². The molecule has 0 fully saturated rings. The molecule has 6 aromatic rings. The Bertz CT molecular complexity index is 1450. The summed E-state index contributed by atoms with van der Waals surface area (Å²) in [6.07, 6.45) is 1.05. The number of rotatable bonds is 3. The second-order valence-corrected chi connectivity index (χ2v) is 11.0. The number of hydrogen-bond acceptors (Lipinski definition) is 0. The van der Waals surface area contributed by atoms with E-state index in [1.165, 1.54) is 48.9 Å². The normalized spacial score (nSPS) is 11.2. The van der Waals surface area contributed by atoms with Crippen molar-refractivity contribution >= 4 is 34.6 Å². The van der Waals surface area contributed by atoms with E-state index in [4.69, 9.17) is 0 Å². The van der Waals surface area contributed by atoms with Crippen molar-refractivity contribution in [2.24, 2.45) is 0 Å². The van der Waals surface area contributed by atoms with Gasteiger partial charge in [-0.1, -0.05) is 102 Å². The first-order chi connectivity index (χ1) is 17.4. The molecule has 0 spiro atoms. The summed E-state index contributed by atoms with van der Waals surface area (Å²) in [4.78, 5) is 0. The zero-order valence-electron chi connectivity index (χ0n) is 19.9. The van der Waals surface area contributed by atoms with Gasteiger partial charge in [-0.3, -0.25) is 0 Å². The summed E-state index contributed by atoms with van der Waals surface area (Å²) in [7, 11) is -0.493. The van der Waals surface area contributed by atoms with Gasteiger partial charge in [-0.05, 0) is 25.0 Å². The molecule has 168 valence electrons. The molecule has 0 unspecified atom stereocenters. The molecule has 2 heteroatoms. The van der Waals surface area contributed by atoms with Gasteiger partial charge in [0, 0.05) is 0 Å². The second-order valence-electron chi connectivity index (χ2n) is 8.75. The van der Waals surface area contributed by atoms with Gasteiger partial charge >= 0.3 is 25.8 Å². The molecule has 0 aromatic heterocycles. The Hall–Kier alpha value is -2.99. The van der Waals surface area contributed by atoms with E-state index < -0.39 is 7.92 Å². The third-order valence-corrected chi connectivity index (χ3v) is 8.91. The molecule has 0 heterocycles. The van der Waals surface area contributed by atoms with Crippen LogP contribution in [-0.4, -0.2) is 0 Å². The largest absolute Gasteiger partial charge is 4.00 e. The third-order valence-electron chi connectivity index (χ3n) is 6.51. The molecule has 0 saturated carbocycles. The standard InChI is InChI=1S/C21H16P.C13H9.Hf/c1-3-11-19(12-4-1)22(20-13-5-2-6-14-20)21-15-17-9-7-8-10-18(17)16-21;1-3-7-12-10(5-1)9-11-6-2-4-8-13(11)12;/h1-16H;1-5,7-8H,9H2;/q2*-1;+4. The van der Waals surface area contributed by atoms with Crippen molar-refractivity contribution in [3.05, 3.63) is 157 Å². The van der Waals surface area contributed by atoms with E-state index in [9.17, 15) is 0 Å². The van der Waals surface area contributed by atoms with E-state index in [1.807, 2.05) is 6.07 Å². The minimum atomic E-state index is -0.493. The van der Waals surface area contributed by atoms with E-state index in [-0.39, 0.29) is 25.8 Å². The Morgan fingerprint density at radius 2 is 1.22 bits per heavy atom. The van der Waals surface area contributed by atoms with Gasteiger partial charge in [0.25, 0.3) is 0 Å². The molecule has 0 N–H and O–H groups in total. The zero-order chi connectivity index (χ0) is 23.5. The van der Waals surface area contributed by atoms with Crippen LogP contribution in [0.15, 0.2) is 140 Å². The van der Waals surface area contributed by atoms with Gasteiger partial charge in [-0.2, -0.15) is 35.9 Å². The van der Waals surface area contributed by atoms with E-state index >= 15 is 0 Å². The van der Waals surface area contributed by atoms with Crippen LogP contribution in [0.3, 0.4) is 0 Å². The molecular formula is C34H25HfP+2. The van der Waals surface area contributed by atoms with Crippen molar-refractivity contribution in [2.45, 2.75) is 6.42 Å². The van der Waals surface area contributed by atoms with Crippen LogP contribution in [0.4, 0.5) is 0 Å². The predicted molar refractivity (Wildman–Crippen MR) is 152 cm³/mol. The summed E-state index contributed by atoms with van der Waals surface area (Å²) in [5.74, 6) is 0. The Balaban J connectivity index is 0.000000163. The molecule has 0 saturated heterocycles. The topological polar surface area (TPSA) is 0 Å². The molecular weight excluding hydrogens is 618 g/mol. The van der Waals surface area contributed by atoms with E-state index in [1.54, 1.807) is 0 Å². The van der Waals surface area contributed by atoms with Crippen molar-refractivity contribution in [3.8, 4) is 11.1 Å². The fraction of sp³-hybridized carbons (Fsp3) is 0.0294. The molecule has 0 atom stereocenters. The number of benzene rings is 5. The minimum absolute atomic E-state index is 0. The summed E-state index contributed by atoms with van der Waals surface area (Å²) < 4.78 is 0. The van der Waals surface area contributed by atoms with Crippen molar-refractivity contribution < 1.29 is 25.8 Å². The summed E-state index contributed by atoms with van der Waals surface area (Å²) >= 11 is 0. The van der Waals surface area contributed by atoms with Gasteiger partial charge in [0.15, 0.2) is 0 Å².